The standard InChI is InChI=1S/C11H7Cl3N2O/c12-8-5-16-11(10(14)9(8)13)17-7-3-1-2-6(15)4-7/h1-5H,15H2. The summed E-state index contributed by atoms with van der Waals surface area (Å²) in [6.45, 7) is 0. The Morgan fingerprint density at radius 2 is 1.88 bits per heavy atom. The first-order valence-electron chi connectivity index (χ1n) is 4.61. The Labute approximate surface area is 113 Å². The maximum atomic E-state index is 5.95. The number of rotatable bonds is 2. The first kappa shape index (κ1) is 12.3. The van der Waals surface area contributed by atoms with E-state index in [0.29, 0.717) is 11.4 Å². The summed E-state index contributed by atoms with van der Waals surface area (Å²) >= 11 is 17.6. The number of aromatic nitrogens is 1. The Kier molecular flexibility index (Phi) is 3.62. The first-order chi connectivity index (χ1) is 8.08. The van der Waals surface area contributed by atoms with Crippen LogP contribution in [0.15, 0.2) is 30.5 Å². The van der Waals surface area contributed by atoms with Crippen LogP contribution in [0.1, 0.15) is 0 Å². The molecule has 3 nitrogen and oxygen atoms in total. The van der Waals surface area contributed by atoms with Crippen LogP contribution in [0.5, 0.6) is 11.6 Å². The molecule has 0 aliphatic rings. The maximum Gasteiger partial charge on any atom is 0.239 e. The molecule has 1 aromatic heterocycles. The van der Waals surface area contributed by atoms with Crippen molar-refractivity contribution in [3.05, 3.63) is 45.5 Å². The van der Waals surface area contributed by atoms with E-state index in [1.54, 1.807) is 24.3 Å². The monoisotopic (exact) mass is 288 g/mol. The van der Waals surface area contributed by atoms with Crippen LogP contribution in [0.2, 0.25) is 15.1 Å². The third-order valence-electron chi connectivity index (χ3n) is 1.96. The largest absolute Gasteiger partial charge is 0.437 e. The number of halogens is 3. The number of anilines is 1. The van der Waals surface area contributed by atoms with Gasteiger partial charge in [-0.05, 0) is 12.1 Å². The van der Waals surface area contributed by atoms with E-state index in [0.717, 1.165) is 0 Å². The minimum absolute atomic E-state index is 0.168. The van der Waals surface area contributed by atoms with Crippen molar-refractivity contribution in [3.8, 4) is 11.6 Å². The molecule has 0 amide bonds. The molecule has 0 bridgehead atoms. The van der Waals surface area contributed by atoms with E-state index in [-0.39, 0.29) is 20.9 Å². The highest BCUT2D eigenvalue weighted by Crippen LogP contribution is 2.37. The van der Waals surface area contributed by atoms with Crippen LogP contribution in [0.3, 0.4) is 0 Å². The highest BCUT2D eigenvalue weighted by atomic mass is 35.5. The predicted molar refractivity (Wildman–Crippen MR) is 70.2 cm³/mol. The lowest BCUT2D eigenvalue weighted by atomic mass is 10.3. The molecule has 2 N–H and O–H groups in total. The van der Waals surface area contributed by atoms with Crippen molar-refractivity contribution < 1.29 is 4.74 Å². The Bertz CT molecular complexity index is 560. The fourth-order valence-electron chi connectivity index (χ4n) is 1.19. The molecular formula is C11H7Cl3N2O. The van der Waals surface area contributed by atoms with E-state index in [9.17, 15) is 0 Å². The molecule has 0 atom stereocenters. The number of nitrogens with zero attached hydrogens (tertiary/aromatic N) is 1. The Hall–Kier alpha value is -1.16. The van der Waals surface area contributed by atoms with Crippen LogP contribution in [-0.4, -0.2) is 4.98 Å². The SMILES string of the molecule is Nc1cccc(Oc2ncc(Cl)c(Cl)c2Cl)c1. The first-order valence-corrected chi connectivity index (χ1v) is 5.74. The van der Waals surface area contributed by atoms with Crippen LogP contribution in [-0.2, 0) is 0 Å². The molecule has 1 aromatic carbocycles. The molecule has 0 aliphatic carbocycles. The normalized spacial score (nSPS) is 10.3. The second kappa shape index (κ2) is 5.00. The summed E-state index contributed by atoms with van der Waals surface area (Å²) < 4.78 is 5.46. The zero-order valence-electron chi connectivity index (χ0n) is 8.45. The molecule has 1 heterocycles. The van der Waals surface area contributed by atoms with E-state index in [2.05, 4.69) is 4.98 Å². The van der Waals surface area contributed by atoms with Crippen LogP contribution in [0.4, 0.5) is 5.69 Å². The lowest BCUT2D eigenvalue weighted by Gasteiger charge is -2.08. The average molecular weight is 290 g/mol. The summed E-state index contributed by atoms with van der Waals surface area (Å²) in [7, 11) is 0. The molecule has 0 unspecified atom stereocenters. The van der Waals surface area contributed by atoms with Crippen LogP contribution in [0.25, 0.3) is 0 Å². The molecule has 0 spiro atoms. The van der Waals surface area contributed by atoms with Crippen molar-refractivity contribution in [1.82, 2.24) is 4.98 Å². The van der Waals surface area contributed by atoms with E-state index in [1.807, 2.05) is 0 Å². The van der Waals surface area contributed by atoms with Gasteiger partial charge in [-0.15, -0.1) is 0 Å². The molecule has 6 heteroatoms. The maximum absolute atomic E-state index is 5.95. The average Bonchev–Trinajstić information content (AvgIpc) is 2.30. The second-order valence-electron chi connectivity index (χ2n) is 3.21. The summed E-state index contributed by atoms with van der Waals surface area (Å²) in [6, 6.07) is 6.89. The molecular weight excluding hydrogens is 282 g/mol. The minimum atomic E-state index is 0.168. The van der Waals surface area contributed by atoms with Crippen LogP contribution < -0.4 is 10.5 Å². The van der Waals surface area contributed by atoms with Gasteiger partial charge in [0, 0.05) is 11.8 Å². The van der Waals surface area contributed by atoms with Crippen molar-refractivity contribution in [1.29, 1.82) is 0 Å². The molecule has 0 aliphatic heterocycles. The van der Waals surface area contributed by atoms with E-state index >= 15 is 0 Å². The molecule has 17 heavy (non-hydrogen) atoms. The van der Waals surface area contributed by atoms with Crippen molar-refractivity contribution in [2.75, 3.05) is 5.73 Å². The molecule has 0 radical (unpaired) electrons. The number of hydrogen-bond acceptors (Lipinski definition) is 3. The Morgan fingerprint density at radius 3 is 2.59 bits per heavy atom. The topological polar surface area (TPSA) is 48.1 Å². The zero-order valence-corrected chi connectivity index (χ0v) is 10.7. The summed E-state index contributed by atoms with van der Waals surface area (Å²) in [5.41, 5.74) is 6.21. The van der Waals surface area contributed by atoms with Gasteiger partial charge in [0.2, 0.25) is 5.88 Å². The van der Waals surface area contributed by atoms with Gasteiger partial charge >= 0.3 is 0 Å². The highest BCUT2D eigenvalue weighted by Gasteiger charge is 2.12. The van der Waals surface area contributed by atoms with Crippen molar-refractivity contribution in [2.45, 2.75) is 0 Å². The van der Waals surface area contributed by atoms with Gasteiger partial charge in [-0.1, -0.05) is 40.9 Å². The number of ether oxygens (including phenoxy) is 1. The summed E-state index contributed by atoms with van der Waals surface area (Å²) in [5, 5.41) is 0.653. The van der Waals surface area contributed by atoms with E-state index in [4.69, 9.17) is 45.3 Å². The Morgan fingerprint density at radius 1 is 1.12 bits per heavy atom. The Balaban J connectivity index is 2.34. The van der Waals surface area contributed by atoms with Gasteiger partial charge in [0.25, 0.3) is 0 Å². The number of benzene rings is 1. The van der Waals surface area contributed by atoms with E-state index < -0.39 is 0 Å². The molecule has 88 valence electrons. The van der Waals surface area contributed by atoms with E-state index in [1.165, 1.54) is 6.20 Å². The van der Waals surface area contributed by atoms with Crippen molar-refractivity contribution in [2.24, 2.45) is 0 Å². The van der Waals surface area contributed by atoms with Crippen LogP contribution >= 0.6 is 34.8 Å². The van der Waals surface area contributed by atoms with Gasteiger partial charge < -0.3 is 10.5 Å². The summed E-state index contributed by atoms with van der Waals surface area (Å²) in [5.74, 6) is 0.712. The van der Waals surface area contributed by atoms with Gasteiger partial charge in [-0.25, -0.2) is 4.98 Å². The van der Waals surface area contributed by atoms with Crippen LogP contribution in [0, 0.1) is 0 Å². The van der Waals surface area contributed by atoms with Gasteiger partial charge in [0.05, 0.1) is 16.2 Å². The summed E-state index contributed by atoms with van der Waals surface area (Å²) in [4.78, 5) is 3.95. The number of nitrogen functional groups attached to an aromatic ring is 1. The smallest absolute Gasteiger partial charge is 0.239 e. The van der Waals surface area contributed by atoms with Gasteiger partial charge in [-0.2, -0.15) is 0 Å². The lowest BCUT2D eigenvalue weighted by Crippen LogP contribution is -1.91. The molecule has 0 saturated heterocycles. The van der Waals surface area contributed by atoms with Gasteiger partial charge in [0.15, 0.2) is 0 Å². The molecule has 2 rings (SSSR count). The number of pyridine rings is 1. The third kappa shape index (κ3) is 2.75. The predicted octanol–water partition coefficient (Wildman–Crippen LogP) is 4.42. The fraction of sp³-hybridized carbons (Fsp3) is 0. The highest BCUT2D eigenvalue weighted by molar-refractivity contribution is 6.48. The molecule has 0 fully saturated rings. The molecule has 0 saturated carbocycles. The minimum Gasteiger partial charge on any atom is -0.437 e. The quantitative estimate of drug-likeness (QED) is 0.833. The van der Waals surface area contributed by atoms with Gasteiger partial charge in [-0.3, -0.25) is 0 Å². The molecule has 2 aromatic rings. The number of nitrogens with two attached hydrogens (primary N) is 1. The zero-order chi connectivity index (χ0) is 12.4. The third-order valence-corrected chi connectivity index (χ3v) is 3.18. The lowest BCUT2D eigenvalue weighted by molar-refractivity contribution is 0.463. The fourth-order valence-corrected chi connectivity index (χ4v) is 1.70. The van der Waals surface area contributed by atoms with Crippen molar-refractivity contribution >= 4 is 40.5 Å². The van der Waals surface area contributed by atoms with Gasteiger partial charge in [0.1, 0.15) is 10.8 Å². The van der Waals surface area contributed by atoms with Crippen molar-refractivity contribution in [3.63, 3.8) is 0 Å². The second-order valence-corrected chi connectivity index (χ2v) is 4.38. The summed E-state index contributed by atoms with van der Waals surface area (Å²) in [6.07, 6.45) is 1.37. The number of hydrogen-bond donors (Lipinski definition) is 1.